The van der Waals surface area contributed by atoms with Gasteiger partial charge in [-0.2, -0.15) is 0 Å². The normalized spacial score (nSPS) is 16.4. The highest BCUT2D eigenvalue weighted by Gasteiger charge is 2.28. The first-order chi connectivity index (χ1) is 66.7. The molecular weight excluding hydrogens is 1870 g/mol. The lowest BCUT2D eigenvalue weighted by Crippen LogP contribution is -2.21. The number of hydrogen-bond acceptors (Lipinski definition) is 27. The number of ether oxygens (including phenoxy) is 11. The monoisotopic (exact) mass is 1980 g/mol. The van der Waals surface area contributed by atoms with Gasteiger partial charge >= 0.3 is 0 Å². The lowest BCUT2D eigenvalue weighted by atomic mass is 9.97. The van der Waals surface area contributed by atoms with Gasteiger partial charge in [-0.05, 0) is 234 Å². The van der Waals surface area contributed by atoms with E-state index in [4.69, 9.17) is 52.1 Å². The van der Waals surface area contributed by atoms with Crippen LogP contribution in [0.4, 0.5) is 40.3 Å². The number of aryl methyl sites for hydroxylation is 4. The van der Waals surface area contributed by atoms with Crippen molar-refractivity contribution < 1.29 is 86.5 Å². The number of rotatable bonds is 28. The Balaban J connectivity index is 0.000000141. The quantitative estimate of drug-likeness (QED) is 0.0261. The van der Waals surface area contributed by atoms with E-state index in [2.05, 4.69) is 102 Å². The third kappa shape index (κ3) is 25.0. The lowest BCUT2D eigenvalue weighted by Gasteiger charge is -2.24. The zero-order valence-electron chi connectivity index (χ0n) is 78.5. The molecule has 18 rings (SSSR count). The minimum absolute atomic E-state index is 0.0131. The Morgan fingerprint density at radius 1 is 0.353 bits per heavy atom. The Morgan fingerprint density at radius 2 is 0.662 bits per heavy atom. The molecule has 0 radical (unpaired) electrons. The number of benzene rings is 6. The van der Waals surface area contributed by atoms with Gasteiger partial charge in [-0.3, -0.25) is 0 Å². The van der Waals surface area contributed by atoms with Gasteiger partial charge in [0, 0.05) is 168 Å². The molecule has 0 amide bonds. The number of methoxy groups -OCH3 is 4. The SMILES string of the molecule is C=S(=O)(Nc1cc(-c2cc(OC3CCCCC3)c3ncnc(C)c3c2)cnc1OC)c1ccc(F)cc1F.C=S(=O)(Nc1cc(-c2cc(OCC3CCOCC3)c3ncnc(C)c3c2)cnc1OC)c1ccc(F)cc1F.C=S(C)(=O)Nc1cc(-c2cc(OCC3CCOCC3)c3ncnc(C)c3c2)cnc1OC.C=S(C)(=O)Nc1cc(-c2cc(O[C@H]3CCOC3)c3ncnc(C)c3c2)cnc1OC. The highest BCUT2D eigenvalue weighted by molar-refractivity contribution is 8.02. The van der Waals surface area contributed by atoms with Crippen LogP contribution in [-0.4, -0.2) is 206 Å². The van der Waals surface area contributed by atoms with Crippen LogP contribution in [0.25, 0.3) is 88.1 Å². The van der Waals surface area contributed by atoms with Crippen molar-refractivity contribution in [2.45, 2.75) is 114 Å². The fourth-order valence-corrected chi connectivity index (χ4v) is 20.1. The van der Waals surface area contributed by atoms with Crippen LogP contribution >= 0.6 is 0 Å². The fourth-order valence-electron chi connectivity index (χ4n) is 16.3. The number of nitrogens with one attached hydrogen (secondary N) is 4. The van der Waals surface area contributed by atoms with Gasteiger partial charge in [0.05, 0.1) is 90.2 Å². The number of pyridine rings is 4. The summed E-state index contributed by atoms with van der Waals surface area (Å²) in [7, 11) is -5.99. The smallest absolute Gasteiger partial charge is 0.238 e. The van der Waals surface area contributed by atoms with Crippen molar-refractivity contribution in [3.63, 3.8) is 0 Å². The van der Waals surface area contributed by atoms with E-state index in [1.54, 1.807) is 49.6 Å². The van der Waals surface area contributed by atoms with Crippen LogP contribution in [0.2, 0.25) is 0 Å². The summed E-state index contributed by atoms with van der Waals surface area (Å²) in [5.41, 5.74) is 14.0. The lowest BCUT2D eigenvalue weighted by molar-refractivity contribution is 0.0499. The molecule has 1 aliphatic carbocycles. The van der Waals surface area contributed by atoms with Crippen LogP contribution in [0.15, 0.2) is 169 Å². The van der Waals surface area contributed by atoms with E-state index in [1.165, 1.54) is 60.0 Å². The summed E-state index contributed by atoms with van der Waals surface area (Å²) < 4.78 is 181. The Kier molecular flexibility index (Phi) is 31.8. The van der Waals surface area contributed by atoms with Gasteiger partial charge in [0.15, 0.2) is 0 Å². The van der Waals surface area contributed by atoms with Crippen molar-refractivity contribution in [1.29, 1.82) is 0 Å². The molecule has 4 N–H and O–H groups in total. The molecule has 0 bridgehead atoms. The second-order valence-corrected chi connectivity index (χ2v) is 42.5. The van der Waals surface area contributed by atoms with Gasteiger partial charge in [0.25, 0.3) is 0 Å². The summed E-state index contributed by atoms with van der Waals surface area (Å²) in [5.74, 6) is 15.6. The number of hydrogen-bond donors (Lipinski definition) is 4. The number of aromatic nitrogens is 12. The molecule has 730 valence electrons. The fraction of sp³-hybridized carbons (Fsp3) is 0.320. The van der Waals surface area contributed by atoms with Crippen molar-refractivity contribution in [3.05, 3.63) is 205 Å². The number of nitrogens with zero attached hydrogens (tertiary/aromatic N) is 12. The van der Waals surface area contributed by atoms with Crippen molar-refractivity contribution in [2.24, 2.45) is 11.8 Å². The van der Waals surface area contributed by atoms with Gasteiger partial charge in [0.1, 0.15) is 122 Å². The van der Waals surface area contributed by atoms with Crippen LogP contribution < -0.4 is 56.8 Å². The first kappa shape index (κ1) is 100. The molecule has 3 saturated heterocycles. The van der Waals surface area contributed by atoms with Gasteiger partial charge in [-0.1, -0.05) is 6.42 Å². The summed E-state index contributed by atoms with van der Waals surface area (Å²) in [6, 6.07) is 28.3. The molecule has 6 aromatic carbocycles. The van der Waals surface area contributed by atoms with Gasteiger partial charge < -0.3 is 71.0 Å². The molecule has 5 atom stereocenters. The molecule has 0 spiro atoms. The molecule has 39 heteroatoms. The highest BCUT2D eigenvalue weighted by atomic mass is 32.2. The summed E-state index contributed by atoms with van der Waals surface area (Å²) in [4.78, 5) is 52.2. The zero-order valence-corrected chi connectivity index (χ0v) is 81.8. The average Bonchev–Trinajstić information content (AvgIpc) is 1.12. The van der Waals surface area contributed by atoms with E-state index >= 15 is 0 Å². The molecule has 14 aromatic rings. The average molecular weight is 1980 g/mol. The molecule has 4 unspecified atom stereocenters. The van der Waals surface area contributed by atoms with Crippen molar-refractivity contribution in [1.82, 2.24) is 59.8 Å². The summed E-state index contributed by atoms with van der Waals surface area (Å²) in [6.45, 7) is 13.1. The van der Waals surface area contributed by atoms with Crippen LogP contribution in [0.5, 0.6) is 46.5 Å². The van der Waals surface area contributed by atoms with Crippen molar-refractivity contribution in [2.75, 3.05) is 113 Å². The maximum atomic E-state index is 14.4. The molecule has 3 aliphatic heterocycles. The predicted molar refractivity (Wildman–Crippen MR) is 538 cm³/mol. The first-order valence-electron chi connectivity index (χ1n) is 44.6. The molecule has 4 fully saturated rings. The molecule has 8 aromatic heterocycles. The van der Waals surface area contributed by atoms with Crippen LogP contribution in [0.1, 0.15) is 87.0 Å². The summed E-state index contributed by atoms with van der Waals surface area (Å²) >= 11 is 0. The topological polar surface area (TPSA) is 373 Å². The summed E-state index contributed by atoms with van der Waals surface area (Å²) in [6.07, 6.45) is 26.1. The van der Waals surface area contributed by atoms with Gasteiger partial charge in [-0.15, -0.1) is 0 Å². The van der Waals surface area contributed by atoms with E-state index in [-0.39, 0.29) is 45.1 Å². The van der Waals surface area contributed by atoms with Crippen LogP contribution in [0.3, 0.4) is 0 Å². The summed E-state index contributed by atoms with van der Waals surface area (Å²) in [5, 5.41) is 3.46. The highest BCUT2D eigenvalue weighted by Crippen LogP contribution is 2.43. The first-order valence-corrected chi connectivity index (χ1v) is 52.3. The number of anilines is 4. The standard InChI is InChI=1S/C28H28F2N4O4S.C28H28F2N4O3S.C23H28N4O4S.C21H24N4O4S/c1-17-22-10-19(12-25(27(22)33-16-32-17)38-15-18-6-8-37-9-7-18)20-11-24(28(36-2)31-14-20)34-39(3,35)26-5-4-21(29)13-23(26)30;1-17-22-11-18(13-25(27(22)33-16-32-17)37-21-7-5-4-6-8-21)19-12-24(28(36-2)31-15-19)34-38(3,35)26-10-9-20(29)14-23(26)30;1-15-19-9-17(18-10-20(27-32(3,4)28)23(29-2)24-12-18)11-21(22(19)26-14-25-15)31-13-16-5-7-30-8-6-16;1-13-17-7-14(15-8-18(25-30(3,4)26)21(27-2)22-10-15)9-19(20(17)24-12-23-13)29-16-5-6-28-11-16/h4-5,10-14,16,18H,3,6-9,15H2,1-2H3,(H,34,35);9-16,21H,3-8H2,1-2H3,(H,34,35);9-12,14,16H,3,5-8,13H2,1-2,4H3,(H,27,28);7-10,12,16H,3,5-6,11H2,1-2,4H3,(H,25,26)/t;;;16-,30?/m...0/s1. The van der Waals surface area contributed by atoms with Crippen LogP contribution in [0, 0.1) is 62.8 Å². The third-order valence-electron chi connectivity index (χ3n) is 23.5. The predicted octanol–water partition coefficient (Wildman–Crippen LogP) is 17.6. The molecule has 139 heavy (non-hydrogen) atoms. The molecule has 1 saturated carbocycles. The van der Waals surface area contributed by atoms with E-state index < -0.39 is 62.1 Å². The maximum absolute atomic E-state index is 14.4. The minimum Gasteiger partial charge on any atom is -0.491 e. The molecule has 4 aliphatic rings. The molecule has 31 nitrogen and oxygen atoms in total. The van der Waals surface area contributed by atoms with Crippen molar-refractivity contribution in [3.8, 4) is 91.0 Å². The molecular formula is C100H108F4N16O15S4. The van der Waals surface area contributed by atoms with Crippen molar-refractivity contribution >= 4 is 129 Å². The van der Waals surface area contributed by atoms with Crippen LogP contribution in [-0.2, 0) is 53.0 Å². The number of fused-ring (bicyclic) bond motifs is 4. The maximum Gasteiger partial charge on any atom is 0.238 e. The van der Waals surface area contributed by atoms with Gasteiger partial charge in [-0.25, -0.2) is 94.2 Å². The Bertz CT molecular complexity index is 7370. The number of halogens is 4. The van der Waals surface area contributed by atoms with E-state index in [1.807, 2.05) is 88.4 Å². The Labute approximate surface area is 804 Å². The minimum atomic E-state index is -3.43. The molecule has 11 heterocycles. The Hall–Kier alpha value is -13.4. The Morgan fingerprint density at radius 3 is 0.971 bits per heavy atom. The second kappa shape index (κ2) is 44.1. The largest absolute Gasteiger partial charge is 0.491 e. The van der Waals surface area contributed by atoms with E-state index in [0.717, 1.165) is 203 Å². The third-order valence-corrected chi connectivity index (χ3v) is 28.0. The van der Waals surface area contributed by atoms with Gasteiger partial charge in [0.2, 0.25) is 23.5 Å². The van der Waals surface area contributed by atoms with E-state index in [0.29, 0.717) is 113 Å². The zero-order chi connectivity index (χ0) is 98.5. The second-order valence-electron chi connectivity index (χ2n) is 34.1. The van der Waals surface area contributed by atoms with E-state index in [9.17, 15) is 34.4 Å².